The summed E-state index contributed by atoms with van der Waals surface area (Å²) in [4.78, 5) is 30.1. The van der Waals surface area contributed by atoms with Gasteiger partial charge in [-0.2, -0.15) is 10.1 Å². The van der Waals surface area contributed by atoms with Gasteiger partial charge in [0, 0.05) is 5.56 Å². The number of nitrogens with one attached hydrogen (secondary N) is 2. The number of aromatic nitrogens is 2. The van der Waals surface area contributed by atoms with Gasteiger partial charge in [0.1, 0.15) is 11.5 Å². The number of benzene rings is 2. The average molecular weight is 336 g/mol. The average Bonchev–Trinajstić information content (AvgIpc) is 2.62. The maximum Gasteiger partial charge on any atom is 0.346 e. The van der Waals surface area contributed by atoms with Gasteiger partial charge < -0.3 is 4.98 Å². The normalized spacial score (nSPS) is 10.8. The van der Waals surface area contributed by atoms with Crippen molar-refractivity contribution in [2.45, 2.75) is 0 Å². The molecule has 0 aliphatic heterocycles. The largest absolute Gasteiger partial charge is 0.346 e. The number of halogens is 1. The first-order valence-electron chi connectivity index (χ1n) is 7.37. The highest BCUT2D eigenvalue weighted by molar-refractivity contribution is 5.93. The molecule has 25 heavy (non-hydrogen) atoms. The van der Waals surface area contributed by atoms with Crippen molar-refractivity contribution in [2.24, 2.45) is 5.10 Å². The number of rotatable bonds is 4. The molecule has 0 fully saturated rings. The molecule has 0 saturated heterocycles. The van der Waals surface area contributed by atoms with E-state index in [0.29, 0.717) is 16.8 Å². The van der Waals surface area contributed by atoms with E-state index in [1.807, 2.05) is 6.07 Å². The van der Waals surface area contributed by atoms with E-state index in [0.717, 1.165) is 0 Å². The zero-order valence-electron chi connectivity index (χ0n) is 12.9. The summed E-state index contributed by atoms with van der Waals surface area (Å²) in [5.41, 5.74) is 3.25. The minimum atomic E-state index is -0.638. The van der Waals surface area contributed by atoms with E-state index in [4.69, 9.17) is 0 Å². The molecule has 0 atom stereocenters. The minimum absolute atomic E-state index is 0.0234. The first-order valence-corrected chi connectivity index (χ1v) is 7.37. The molecule has 0 unspecified atom stereocenters. The fourth-order valence-electron chi connectivity index (χ4n) is 2.15. The van der Waals surface area contributed by atoms with E-state index in [-0.39, 0.29) is 5.69 Å². The van der Waals surface area contributed by atoms with E-state index in [9.17, 15) is 14.0 Å². The van der Waals surface area contributed by atoms with Gasteiger partial charge in [-0.3, -0.25) is 4.79 Å². The van der Waals surface area contributed by atoms with Crippen molar-refractivity contribution in [3.8, 4) is 11.3 Å². The molecule has 0 radical (unpaired) electrons. The van der Waals surface area contributed by atoms with E-state index in [2.05, 4.69) is 20.5 Å². The third-order valence-corrected chi connectivity index (χ3v) is 3.29. The summed E-state index contributed by atoms with van der Waals surface area (Å²) in [6.07, 6.45) is 1.30. The van der Waals surface area contributed by atoms with Gasteiger partial charge in [-0.05, 0) is 23.8 Å². The number of nitrogens with zero attached hydrogens (tertiary/aromatic N) is 2. The third kappa shape index (κ3) is 4.23. The summed E-state index contributed by atoms with van der Waals surface area (Å²) in [5.74, 6) is -1.01. The number of H-pyrrole nitrogens is 1. The Balaban J connectivity index is 1.78. The fourth-order valence-corrected chi connectivity index (χ4v) is 2.15. The Morgan fingerprint density at radius 1 is 1.12 bits per heavy atom. The Kier molecular flexibility index (Phi) is 4.75. The van der Waals surface area contributed by atoms with Crippen LogP contribution in [0.4, 0.5) is 4.39 Å². The van der Waals surface area contributed by atoms with Crippen molar-refractivity contribution in [1.82, 2.24) is 15.4 Å². The maximum absolute atomic E-state index is 13.1. The monoisotopic (exact) mass is 336 g/mol. The van der Waals surface area contributed by atoms with Crippen molar-refractivity contribution in [2.75, 3.05) is 0 Å². The fraction of sp³-hybridized carbons (Fsp3) is 0. The van der Waals surface area contributed by atoms with Gasteiger partial charge in [0.15, 0.2) is 0 Å². The lowest BCUT2D eigenvalue weighted by Gasteiger charge is -2.03. The zero-order valence-corrected chi connectivity index (χ0v) is 12.9. The second kappa shape index (κ2) is 7.31. The molecule has 0 bridgehead atoms. The third-order valence-electron chi connectivity index (χ3n) is 3.29. The van der Waals surface area contributed by atoms with Crippen LogP contribution in [0.3, 0.4) is 0 Å². The van der Waals surface area contributed by atoms with Crippen LogP contribution in [-0.4, -0.2) is 22.1 Å². The molecule has 0 saturated carbocycles. The van der Waals surface area contributed by atoms with Gasteiger partial charge >= 0.3 is 5.69 Å². The molecule has 2 N–H and O–H groups in total. The highest BCUT2D eigenvalue weighted by Crippen LogP contribution is 2.15. The van der Waals surface area contributed by atoms with Crippen LogP contribution >= 0.6 is 0 Å². The maximum atomic E-state index is 13.1. The number of carbonyl (C=O) groups is 1. The number of hydrogen-bond donors (Lipinski definition) is 2. The van der Waals surface area contributed by atoms with Crippen LogP contribution in [0.2, 0.25) is 0 Å². The van der Waals surface area contributed by atoms with Crippen LogP contribution in [-0.2, 0) is 0 Å². The van der Waals surface area contributed by atoms with Crippen LogP contribution in [0.25, 0.3) is 11.3 Å². The topological polar surface area (TPSA) is 87.2 Å². The molecular formula is C18H13FN4O2. The van der Waals surface area contributed by atoms with Crippen LogP contribution in [0.5, 0.6) is 0 Å². The molecular weight excluding hydrogens is 323 g/mol. The van der Waals surface area contributed by atoms with Gasteiger partial charge in [-0.15, -0.1) is 0 Å². The van der Waals surface area contributed by atoms with Gasteiger partial charge in [0.2, 0.25) is 0 Å². The van der Waals surface area contributed by atoms with Crippen LogP contribution < -0.4 is 11.1 Å². The van der Waals surface area contributed by atoms with E-state index >= 15 is 0 Å². The number of hydrazone groups is 1. The Morgan fingerprint density at radius 2 is 1.92 bits per heavy atom. The van der Waals surface area contributed by atoms with Gasteiger partial charge in [0.25, 0.3) is 5.91 Å². The predicted molar refractivity (Wildman–Crippen MR) is 91.8 cm³/mol. The standard InChI is InChI=1S/C18H13FN4O2/c19-14-8-4-5-12(9-14)11-20-23-17(24)16-10-15(21-18(25)22-16)13-6-2-1-3-7-13/h1-11H,(H,23,24)(H,21,22,25)/b20-11+. The molecule has 0 aliphatic carbocycles. The summed E-state index contributed by atoms with van der Waals surface area (Å²) in [7, 11) is 0. The van der Waals surface area contributed by atoms with E-state index < -0.39 is 17.4 Å². The van der Waals surface area contributed by atoms with Gasteiger partial charge in [0.05, 0.1) is 11.9 Å². The molecule has 0 aliphatic rings. The smallest absolute Gasteiger partial charge is 0.301 e. The molecule has 0 spiro atoms. The van der Waals surface area contributed by atoms with Crippen LogP contribution in [0.15, 0.2) is 70.6 Å². The molecule has 1 amide bonds. The lowest BCUT2D eigenvalue weighted by molar-refractivity contribution is 0.0949. The van der Waals surface area contributed by atoms with Crippen molar-refractivity contribution >= 4 is 12.1 Å². The van der Waals surface area contributed by atoms with Gasteiger partial charge in [-0.25, -0.2) is 14.6 Å². The summed E-state index contributed by atoms with van der Waals surface area (Å²) < 4.78 is 13.1. The van der Waals surface area contributed by atoms with Crippen LogP contribution in [0, 0.1) is 5.82 Å². The molecule has 1 aromatic heterocycles. The van der Waals surface area contributed by atoms with E-state index in [1.54, 1.807) is 30.3 Å². The first-order chi connectivity index (χ1) is 12.1. The molecule has 124 valence electrons. The quantitative estimate of drug-likeness (QED) is 0.566. The Labute approximate surface area is 142 Å². The summed E-state index contributed by atoms with van der Waals surface area (Å²) in [6, 6.07) is 16.2. The second-order valence-electron chi connectivity index (χ2n) is 5.11. The van der Waals surface area contributed by atoms with E-state index in [1.165, 1.54) is 30.5 Å². The minimum Gasteiger partial charge on any atom is -0.301 e. The highest BCUT2D eigenvalue weighted by atomic mass is 19.1. The highest BCUT2D eigenvalue weighted by Gasteiger charge is 2.09. The van der Waals surface area contributed by atoms with Gasteiger partial charge in [-0.1, -0.05) is 42.5 Å². The zero-order chi connectivity index (χ0) is 17.6. The molecule has 6 nitrogen and oxygen atoms in total. The summed E-state index contributed by atoms with van der Waals surface area (Å²) >= 11 is 0. The van der Waals surface area contributed by atoms with Crippen molar-refractivity contribution < 1.29 is 9.18 Å². The molecule has 1 heterocycles. The Morgan fingerprint density at radius 3 is 2.68 bits per heavy atom. The summed E-state index contributed by atoms with van der Waals surface area (Å²) in [5, 5.41) is 3.76. The first kappa shape index (κ1) is 16.3. The number of amides is 1. The molecule has 3 aromatic rings. The van der Waals surface area contributed by atoms with Crippen molar-refractivity contribution in [3.63, 3.8) is 0 Å². The SMILES string of the molecule is O=C(N/N=C/c1cccc(F)c1)c1cc(-c2ccccc2)nc(=O)[nH]1. The van der Waals surface area contributed by atoms with Crippen molar-refractivity contribution in [1.29, 1.82) is 0 Å². The Bertz CT molecular complexity index is 984. The second-order valence-corrected chi connectivity index (χ2v) is 5.11. The molecule has 2 aromatic carbocycles. The number of aromatic amines is 1. The number of hydrogen-bond acceptors (Lipinski definition) is 4. The predicted octanol–water partition coefficient (Wildman–Crippen LogP) is 2.34. The van der Waals surface area contributed by atoms with Crippen LogP contribution in [0.1, 0.15) is 16.1 Å². The summed E-state index contributed by atoms with van der Waals surface area (Å²) in [6.45, 7) is 0. The van der Waals surface area contributed by atoms with Crippen molar-refractivity contribution in [3.05, 3.63) is 88.2 Å². The lowest BCUT2D eigenvalue weighted by Crippen LogP contribution is -2.24. The Hall–Kier alpha value is -3.61. The lowest BCUT2D eigenvalue weighted by atomic mass is 10.1. The molecule has 7 heteroatoms. The number of carbonyl (C=O) groups excluding carboxylic acids is 1. The molecule has 3 rings (SSSR count).